The zero-order valence-corrected chi connectivity index (χ0v) is 13.1. The molecule has 0 saturated heterocycles. The molecule has 6 heteroatoms. The van der Waals surface area contributed by atoms with Crippen molar-refractivity contribution in [3.63, 3.8) is 0 Å². The molecule has 3 aromatic rings. The molecule has 0 fully saturated rings. The van der Waals surface area contributed by atoms with Crippen molar-refractivity contribution in [2.24, 2.45) is 0 Å². The molecule has 1 aromatic heterocycles. The Labute approximate surface area is 138 Å². The number of phenolic OH excluding ortho intramolecular Hbond substituents is 1. The van der Waals surface area contributed by atoms with Crippen LogP contribution in [0.1, 0.15) is 17.3 Å². The number of carbonyl (C=O) groups is 2. The zero-order valence-electron chi connectivity index (χ0n) is 13.1. The van der Waals surface area contributed by atoms with Crippen LogP contribution in [0.25, 0.3) is 10.9 Å². The van der Waals surface area contributed by atoms with Gasteiger partial charge < -0.3 is 20.7 Å². The number of hydrogen-bond acceptors (Lipinski definition) is 4. The van der Waals surface area contributed by atoms with Crippen LogP contribution >= 0.6 is 0 Å². The average molecular weight is 323 g/mol. The van der Waals surface area contributed by atoms with Crippen molar-refractivity contribution in [1.82, 2.24) is 4.98 Å². The van der Waals surface area contributed by atoms with Crippen molar-refractivity contribution >= 4 is 34.0 Å². The van der Waals surface area contributed by atoms with E-state index in [2.05, 4.69) is 15.6 Å². The van der Waals surface area contributed by atoms with Gasteiger partial charge in [0, 0.05) is 35.4 Å². The number of aromatic hydroxyl groups is 1. The van der Waals surface area contributed by atoms with Gasteiger partial charge in [0.1, 0.15) is 5.75 Å². The fourth-order valence-electron chi connectivity index (χ4n) is 2.51. The Hall–Kier alpha value is -3.28. The number of anilines is 2. The van der Waals surface area contributed by atoms with Gasteiger partial charge in [-0.25, -0.2) is 0 Å². The molecular formula is C18H17N3O3. The van der Waals surface area contributed by atoms with E-state index in [1.54, 1.807) is 24.3 Å². The molecule has 1 heterocycles. The number of Topliss-reactive ketones (excluding diaryl/α,β-unsaturated/α-hetero) is 1. The molecule has 0 atom stereocenters. The second-order valence-corrected chi connectivity index (χ2v) is 5.29. The Kier molecular flexibility index (Phi) is 4.20. The summed E-state index contributed by atoms with van der Waals surface area (Å²) < 4.78 is 0. The van der Waals surface area contributed by atoms with Gasteiger partial charge in [-0.05, 0) is 25.1 Å². The SMILES string of the molecule is CCNc1ccc(NC(=O)C(=O)c2c[nH]c3ccccc23)c(O)c1. The smallest absolute Gasteiger partial charge is 0.296 e. The first-order chi connectivity index (χ1) is 11.6. The molecule has 3 rings (SSSR count). The number of nitrogens with one attached hydrogen (secondary N) is 3. The fourth-order valence-corrected chi connectivity index (χ4v) is 2.51. The van der Waals surface area contributed by atoms with Crippen LogP contribution in [0.2, 0.25) is 0 Å². The number of benzene rings is 2. The van der Waals surface area contributed by atoms with Crippen LogP contribution in [0.4, 0.5) is 11.4 Å². The summed E-state index contributed by atoms with van der Waals surface area (Å²) >= 11 is 0. The molecule has 0 saturated carbocycles. The Morgan fingerprint density at radius 3 is 2.71 bits per heavy atom. The highest BCUT2D eigenvalue weighted by molar-refractivity contribution is 6.48. The third kappa shape index (κ3) is 2.94. The number of phenols is 1. The fraction of sp³-hybridized carbons (Fsp3) is 0.111. The molecule has 0 unspecified atom stereocenters. The van der Waals surface area contributed by atoms with Gasteiger partial charge in [-0.2, -0.15) is 0 Å². The van der Waals surface area contributed by atoms with Crippen molar-refractivity contribution in [3.05, 3.63) is 54.2 Å². The summed E-state index contributed by atoms with van der Waals surface area (Å²) in [7, 11) is 0. The van der Waals surface area contributed by atoms with Gasteiger partial charge in [0.05, 0.1) is 11.3 Å². The molecule has 122 valence electrons. The van der Waals surface area contributed by atoms with E-state index in [-0.39, 0.29) is 11.4 Å². The lowest BCUT2D eigenvalue weighted by atomic mass is 10.1. The van der Waals surface area contributed by atoms with Gasteiger partial charge in [-0.3, -0.25) is 9.59 Å². The first kappa shape index (κ1) is 15.6. The molecular weight excluding hydrogens is 306 g/mol. The summed E-state index contributed by atoms with van der Waals surface area (Å²) in [6, 6.07) is 12.0. The van der Waals surface area contributed by atoms with Gasteiger partial charge in [0.25, 0.3) is 11.7 Å². The van der Waals surface area contributed by atoms with Crippen molar-refractivity contribution < 1.29 is 14.7 Å². The predicted octanol–water partition coefficient (Wildman–Crippen LogP) is 3.13. The zero-order chi connectivity index (χ0) is 17.1. The molecule has 0 radical (unpaired) electrons. The van der Waals surface area contributed by atoms with E-state index in [0.717, 1.165) is 11.2 Å². The van der Waals surface area contributed by atoms with Crippen LogP contribution in [-0.4, -0.2) is 28.3 Å². The predicted molar refractivity (Wildman–Crippen MR) is 93.5 cm³/mol. The minimum Gasteiger partial charge on any atom is -0.506 e. The van der Waals surface area contributed by atoms with Crippen LogP contribution in [0.15, 0.2) is 48.7 Å². The maximum Gasteiger partial charge on any atom is 0.296 e. The molecule has 1 amide bonds. The standard InChI is InChI=1S/C18H17N3O3/c1-2-19-11-7-8-15(16(22)9-11)21-18(24)17(23)13-10-20-14-6-4-3-5-12(13)14/h3-10,19-20,22H,2H2,1H3,(H,21,24). The number of ketones is 1. The van der Waals surface area contributed by atoms with Crippen LogP contribution in [0.5, 0.6) is 5.75 Å². The van der Waals surface area contributed by atoms with E-state index in [1.807, 2.05) is 19.1 Å². The van der Waals surface area contributed by atoms with E-state index in [1.165, 1.54) is 12.3 Å². The van der Waals surface area contributed by atoms with Gasteiger partial charge in [-0.15, -0.1) is 0 Å². The number of H-pyrrole nitrogens is 1. The Morgan fingerprint density at radius 2 is 1.96 bits per heavy atom. The van der Waals surface area contributed by atoms with Crippen LogP contribution in [-0.2, 0) is 4.79 Å². The summed E-state index contributed by atoms with van der Waals surface area (Å²) in [6.07, 6.45) is 1.51. The quantitative estimate of drug-likeness (QED) is 0.330. The van der Waals surface area contributed by atoms with E-state index in [9.17, 15) is 14.7 Å². The lowest BCUT2D eigenvalue weighted by Gasteiger charge is -2.09. The topological polar surface area (TPSA) is 94.2 Å². The third-order valence-corrected chi connectivity index (χ3v) is 3.67. The highest BCUT2D eigenvalue weighted by Crippen LogP contribution is 2.27. The van der Waals surface area contributed by atoms with Crippen molar-refractivity contribution in [1.29, 1.82) is 0 Å². The third-order valence-electron chi connectivity index (χ3n) is 3.67. The highest BCUT2D eigenvalue weighted by atomic mass is 16.3. The van der Waals surface area contributed by atoms with E-state index in [4.69, 9.17) is 0 Å². The van der Waals surface area contributed by atoms with Crippen molar-refractivity contribution in [2.75, 3.05) is 17.2 Å². The van der Waals surface area contributed by atoms with Crippen LogP contribution in [0, 0.1) is 0 Å². The largest absolute Gasteiger partial charge is 0.506 e. The molecule has 0 bridgehead atoms. The van der Waals surface area contributed by atoms with Gasteiger partial charge in [-0.1, -0.05) is 18.2 Å². The normalized spacial score (nSPS) is 10.5. The van der Waals surface area contributed by atoms with E-state index >= 15 is 0 Å². The molecule has 6 nitrogen and oxygen atoms in total. The average Bonchev–Trinajstić information content (AvgIpc) is 3.01. The summed E-state index contributed by atoms with van der Waals surface area (Å²) in [5.41, 5.74) is 2.00. The second-order valence-electron chi connectivity index (χ2n) is 5.29. The summed E-state index contributed by atoms with van der Waals surface area (Å²) in [5.74, 6) is -1.57. The Bertz CT molecular complexity index is 915. The number of aromatic nitrogens is 1. The summed E-state index contributed by atoms with van der Waals surface area (Å²) in [5, 5.41) is 16.2. The Balaban J connectivity index is 1.81. The van der Waals surface area contributed by atoms with Crippen molar-refractivity contribution in [3.8, 4) is 5.75 Å². The van der Waals surface area contributed by atoms with Gasteiger partial charge in [0.2, 0.25) is 0 Å². The Morgan fingerprint density at radius 1 is 1.17 bits per heavy atom. The number of amides is 1. The lowest BCUT2D eigenvalue weighted by molar-refractivity contribution is -0.112. The first-order valence-electron chi connectivity index (χ1n) is 7.59. The van der Waals surface area contributed by atoms with E-state index < -0.39 is 11.7 Å². The maximum absolute atomic E-state index is 12.4. The number of para-hydroxylation sites is 1. The number of hydrogen-bond donors (Lipinski definition) is 4. The minimum absolute atomic E-state index is 0.103. The minimum atomic E-state index is -0.800. The number of carbonyl (C=O) groups excluding carboxylic acids is 2. The van der Waals surface area contributed by atoms with Crippen molar-refractivity contribution in [2.45, 2.75) is 6.92 Å². The second kappa shape index (κ2) is 6.45. The van der Waals surface area contributed by atoms with Gasteiger partial charge in [0.15, 0.2) is 0 Å². The monoisotopic (exact) mass is 323 g/mol. The molecule has 0 aliphatic carbocycles. The van der Waals surface area contributed by atoms with Gasteiger partial charge >= 0.3 is 0 Å². The van der Waals surface area contributed by atoms with E-state index in [0.29, 0.717) is 17.5 Å². The molecule has 0 aliphatic heterocycles. The summed E-state index contributed by atoms with van der Waals surface area (Å²) in [4.78, 5) is 27.6. The molecule has 2 aromatic carbocycles. The number of aromatic amines is 1. The molecule has 0 spiro atoms. The lowest BCUT2D eigenvalue weighted by Crippen LogP contribution is -2.22. The maximum atomic E-state index is 12.4. The summed E-state index contributed by atoms with van der Waals surface area (Å²) in [6.45, 7) is 2.65. The van der Waals surface area contributed by atoms with Crippen LogP contribution < -0.4 is 10.6 Å². The number of rotatable bonds is 5. The number of fused-ring (bicyclic) bond motifs is 1. The highest BCUT2D eigenvalue weighted by Gasteiger charge is 2.20. The molecule has 0 aliphatic rings. The van der Waals surface area contributed by atoms with Crippen LogP contribution in [0.3, 0.4) is 0 Å². The first-order valence-corrected chi connectivity index (χ1v) is 7.59. The molecule has 24 heavy (non-hydrogen) atoms. The molecule has 4 N–H and O–H groups in total.